The van der Waals surface area contributed by atoms with Gasteiger partial charge in [0.25, 0.3) is 0 Å². The zero-order valence-corrected chi connectivity index (χ0v) is 10.6. The summed E-state index contributed by atoms with van der Waals surface area (Å²) in [5, 5.41) is 0. The van der Waals surface area contributed by atoms with Gasteiger partial charge in [0.2, 0.25) is 0 Å². The van der Waals surface area contributed by atoms with Crippen molar-refractivity contribution in [3.8, 4) is 0 Å². The van der Waals surface area contributed by atoms with Crippen LogP contribution in [0.5, 0.6) is 0 Å². The number of halogens is 2. The SMILES string of the molecule is NC1=NCC(c2c(F)cccc2F)N1c1ccccc1. The van der Waals surface area contributed by atoms with Crippen molar-refractivity contribution in [2.24, 2.45) is 10.7 Å². The van der Waals surface area contributed by atoms with Crippen molar-refractivity contribution in [2.75, 3.05) is 11.4 Å². The van der Waals surface area contributed by atoms with Crippen LogP contribution in [0, 0.1) is 11.6 Å². The molecule has 0 radical (unpaired) electrons. The molecule has 1 aliphatic rings. The van der Waals surface area contributed by atoms with E-state index in [-0.39, 0.29) is 18.1 Å². The van der Waals surface area contributed by atoms with Crippen molar-refractivity contribution in [3.05, 3.63) is 65.7 Å². The van der Waals surface area contributed by atoms with E-state index in [1.807, 2.05) is 30.3 Å². The number of hydrogen-bond acceptors (Lipinski definition) is 3. The van der Waals surface area contributed by atoms with Crippen LogP contribution in [0.1, 0.15) is 11.6 Å². The van der Waals surface area contributed by atoms with Gasteiger partial charge in [-0.2, -0.15) is 0 Å². The highest BCUT2D eigenvalue weighted by atomic mass is 19.1. The molecule has 1 aliphatic heterocycles. The predicted octanol–water partition coefficient (Wildman–Crippen LogP) is 2.84. The highest BCUT2D eigenvalue weighted by Gasteiger charge is 2.32. The number of nitrogens with two attached hydrogens (primary N) is 1. The van der Waals surface area contributed by atoms with Gasteiger partial charge in [0, 0.05) is 11.3 Å². The molecule has 0 saturated carbocycles. The van der Waals surface area contributed by atoms with E-state index in [0.717, 1.165) is 5.69 Å². The second-order valence-electron chi connectivity index (χ2n) is 4.56. The number of para-hydroxylation sites is 1. The van der Waals surface area contributed by atoms with Crippen LogP contribution in [0.3, 0.4) is 0 Å². The number of anilines is 1. The molecule has 0 amide bonds. The number of nitrogens with zero attached hydrogens (tertiary/aromatic N) is 2. The van der Waals surface area contributed by atoms with Crippen molar-refractivity contribution in [1.82, 2.24) is 0 Å². The summed E-state index contributed by atoms with van der Waals surface area (Å²) in [6, 6.07) is 12.5. The number of rotatable bonds is 2. The predicted molar refractivity (Wildman–Crippen MR) is 74.5 cm³/mol. The first-order valence-corrected chi connectivity index (χ1v) is 6.26. The molecular weight excluding hydrogens is 260 g/mol. The summed E-state index contributed by atoms with van der Waals surface area (Å²) >= 11 is 0. The monoisotopic (exact) mass is 273 g/mol. The summed E-state index contributed by atoms with van der Waals surface area (Å²) in [4.78, 5) is 5.78. The minimum absolute atomic E-state index is 0.000512. The zero-order valence-electron chi connectivity index (χ0n) is 10.6. The van der Waals surface area contributed by atoms with Gasteiger partial charge in [0.15, 0.2) is 5.96 Å². The van der Waals surface area contributed by atoms with Gasteiger partial charge >= 0.3 is 0 Å². The minimum atomic E-state index is -0.583. The van der Waals surface area contributed by atoms with Crippen LogP contribution in [0.25, 0.3) is 0 Å². The van der Waals surface area contributed by atoms with Crippen LogP contribution in [0.2, 0.25) is 0 Å². The summed E-state index contributed by atoms with van der Waals surface area (Å²) < 4.78 is 27.9. The van der Waals surface area contributed by atoms with E-state index in [1.165, 1.54) is 18.2 Å². The molecule has 0 aromatic heterocycles. The Hall–Kier alpha value is -2.43. The van der Waals surface area contributed by atoms with E-state index in [9.17, 15) is 8.78 Å². The quantitative estimate of drug-likeness (QED) is 0.914. The standard InChI is InChI=1S/C15H13F2N3/c16-11-7-4-8-12(17)14(11)13-9-19-15(18)20(13)10-5-2-1-3-6-10/h1-8,13H,9H2,(H2,18,19). The normalized spacial score (nSPS) is 18.2. The number of benzene rings is 2. The Morgan fingerprint density at radius 1 is 1.00 bits per heavy atom. The third-order valence-corrected chi connectivity index (χ3v) is 3.35. The lowest BCUT2D eigenvalue weighted by molar-refractivity contribution is 0.533. The molecule has 3 rings (SSSR count). The smallest absolute Gasteiger partial charge is 0.196 e. The fourth-order valence-electron chi connectivity index (χ4n) is 2.45. The van der Waals surface area contributed by atoms with Gasteiger partial charge in [-0.05, 0) is 24.3 Å². The van der Waals surface area contributed by atoms with Crippen LogP contribution in [-0.2, 0) is 0 Å². The molecule has 102 valence electrons. The first-order valence-electron chi connectivity index (χ1n) is 6.26. The van der Waals surface area contributed by atoms with Gasteiger partial charge in [-0.3, -0.25) is 4.99 Å². The lowest BCUT2D eigenvalue weighted by Crippen LogP contribution is -2.36. The fourth-order valence-corrected chi connectivity index (χ4v) is 2.45. The molecule has 0 fully saturated rings. The molecule has 2 aromatic carbocycles. The first kappa shape index (κ1) is 12.6. The second-order valence-corrected chi connectivity index (χ2v) is 4.56. The van der Waals surface area contributed by atoms with Gasteiger partial charge in [-0.1, -0.05) is 24.3 Å². The molecule has 2 N–H and O–H groups in total. The Bertz CT molecular complexity index is 635. The largest absolute Gasteiger partial charge is 0.369 e. The van der Waals surface area contributed by atoms with E-state index in [1.54, 1.807) is 4.90 Å². The molecule has 0 bridgehead atoms. The van der Waals surface area contributed by atoms with Crippen LogP contribution in [-0.4, -0.2) is 12.5 Å². The molecule has 20 heavy (non-hydrogen) atoms. The van der Waals surface area contributed by atoms with Gasteiger partial charge in [0.05, 0.1) is 12.6 Å². The molecule has 1 atom stereocenters. The maximum Gasteiger partial charge on any atom is 0.196 e. The average Bonchev–Trinajstić information content (AvgIpc) is 2.81. The molecular formula is C15H13F2N3. The van der Waals surface area contributed by atoms with Crippen molar-refractivity contribution in [3.63, 3.8) is 0 Å². The van der Waals surface area contributed by atoms with Crippen LogP contribution in [0.15, 0.2) is 53.5 Å². The van der Waals surface area contributed by atoms with E-state index >= 15 is 0 Å². The lowest BCUT2D eigenvalue weighted by Gasteiger charge is -2.27. The Morgan fingerprint density at radius 3 is 2.30 bits per heavy atom. The van der Waals surface area contributed by atoms with E-state index in [4.69, 9.17) is 5.73 Å². The first-order chi connectivity index (χ1) is 9.68. The van der Waals surface area contributed by atoms with Crippen LogP contribution in [0.4, 0.5) is 14.5 Å². The second kappa shape index (κ2) is 4.92. The maximum absolute atomic E-state index is 14.0. The molecule has 5 heteroatoms. The van der Waals surface area contributed by atoms with Gasteiger partial charge < -0.3 is 10.6 Å². The van der Waals surface area contributed by atoms with Crippen molar-refractivity contribution >= 4 is 11.6 Å². The van der Waals surface area contributed by atoms with E-state index in [2.05, 4.69) is 4.99 Å². The Labute approximate surface area is 115 Å². The molecule has 1 unspecified atom stereocenters. The number of aliphatic imine (C=N–C) groups is 1. The summed E-state index contributed by atoms with van der Waals surface area (Å²) in [7, 11) is 0. The van der Waals surface area contributed by atoms with Crippen molar-refractivity contribution < 1.29 is 8.78 Å². The van der Waals surface area contributed by atoms with Gasteiger partial charge in [-0.15, -0.1) is 0 Å². The van der Waals surface area contributed by atoms with Crippen LogP contribution < -0.4 is 10.6 Å². The third-order valence-electron chi connectivity index (χ3n) is 3.35. The fraction of sp³-hybridized carbons (Fsp3) is 0.133. The topological polar surface area (TPSA) is 41.6 Å². The summed E-state index contributed by atoms with van der Waals surface area (Å²) in [6.45, 7) is 0.235. The average molecular weight is 273 g/mol. The molecule has 0 spiro atoms. The summed E-state index contributed by atoms with van der Waals surface area (Å²) in [5.41, 5.74) is 6.63. The lowest BCUT2D eigenvalue weighted by atomic mass is 10.0. The van der Waals surface area contributed by atoms with Crippen molar-refractivity contribution in [1.29, 1.82) is 0 Å². The molecule has 0 aliphatic carbocycles. The minimum Gasteiger partial charge on any atom is -0.369 e. The Morgan fingerprint density at radius 2 is 1.65 bits per heavy atom. The van der Waals surface area contributed by atoms with E-state index in [0.29, 0.717) is 0 Å². The Balaban J connectivity index is 2.06. The maximum atomic E-state index is 14.0. The molecule has 2 aromatic rings. The zero-order chi connectivity index (χ0) is 14.1. The number of guanidine groups is 1. The van der Waals surface area contributed by atoms with Gasteiger partial charge in [0.1, 0.15) is 11.6 Å². The third kappa shape index (κ3) is 2.01. The highest BCUT2D eigenvalue weighted by Crippen LogP contribution is 2.33. The van der Waals surface area contributed by atoms with E-state index < -0.39 is 17.7 Å². The summed E-state index contributed by atoms with van der Waals surface area (Å²) in [5.74, 6) is -0.898. The van der Waals surface area contributed by atoms with Crippen LogP contribution >= 0.6 is 0 Å². The summed E-state index contributed by atoms with van der Waals surface area (Å²) in [6.07, 6.45) is 0. The molecule has 3 nitrogen and oxygen atoms in total. The molecule has 0 saturated heterocycles. The highest BCUT2D eigenvalue weighted by molar-refractivity contribution is 5.97. The molecule has 1 heterocycles. The Kier molecular flexibility index (Phi) is 3.10. The van der Waals surface area contributed by atoms with Gasteiger partial charge in [-0.25, -0.2) is 8.78 Å². The number of hydrogen-bond donors (Lipinski definition) is 1. The van der Waals surface area contributed by atoms with Crippen molar-refractivity contribution in [2.45, 2.75) is 6.04 Å².